The third-order valence-electron chi connectivity index (χ3n) is 2.94. The van der Waals surface area contributed by atoms with Crippen LogP contribution in [0.4, 0.5) is 0 Å². The topological polar surface area (TPSA) is 92.2 Å². The maximum Gasteiger partial charge on any atom is 0.241 e. The van der Waals surface area contributed by atoms with Crippen molar-refractivity contribution < 1.29 is 13.5 Å². The van der Waals surface area contributed by atoms with Gasteiger partial charge in [-0.3, -0.25) is 0 Å². The van der Waals surface area contributed by atoms with E-state index in [4.69, 9.17) is 0 Å². The standard InChI is InChI=1S/C13H15N3O3S/c1-10-11(8-17)3-2-4-13(10)20(18,19)16-7-12-5-6-14-9-15-12/h2-6,9,16-17H,7-8H2,1H3. The van der Waals surface area contributed by atoms with Crippen molar-refractivity contribution in [2.45, 2.75) is 25.0 Å². The van der Waals surface area contributed by atoms with Gasteiger partial charge in [0.15, 0.2) is 0 Å². The minimum absolute atomic E-state index is 0.0909. The van der Waals surface area contributed by atoms with E-state index in [1.807, 2.05) is 0 Å². The molecule has 106 valence electrons. The summed E-state index contributed by atoms with van der Waals surface area (Å²) in [6, 6.07) is 6.45. The Bertz CT molecular complexity index is 687. The minimum Gasteiger partial charge on any atom is -0.392 e. The molecule has 2 aromatic rings. The molecule has 0 aliphatic rings. The molecule has 0 fully saturated rings. The Morgan fingerprint density at radius 1 is 1.30 bits per heavy atom. The zero-order valence-corrected chi connectivity index (χ0v) is 11.8. The molecule has 0 saturated carbocycles. The molecule has 7 heteroatoms. The van der Waals surface area contributed by atoms with Crippen molar-refractivity contribution in [2.24, 2.45) is 0 Å². The third-order valence-corrected chi connectivity index (χ3v) is 4.49. The molecular weight excluding hydrogens is 278 g/mol. The molecule has 1 heterocycles. The Balaban J connectivity index is 2.23. The lowest BCUT2D eigenvalue weighted by molar-refractivity contribution is 0.280. The molecule has 1 aromatic heterocycles. The molecular formula is C13H15N3O3S. The monoisotopic (exact) mass is 293 g/mol. The lowest BCUT2D eigenvalue weighted by atomic mass is 10.1. The van der Waals surface area contributed by atoms with Gasteiger partial charge in [0, 0.05) is 6.20 Å². The summed E-state index contributed by atoms with van der Waals surface area (Å²) in [5.41, 5.74) is 1.72. The first kappa shape index (κ1) is 14.6. The molecule has 6 nitrogen and oxygen atoms in total. The molecule has 0 aliphatic carbocycles. The smallest absolute Gasteiger partial charge is 0.241 e. The summed E-state index contributed by atoms with van der Waals surface area (Å²) < 4.78 is 27.0. The summed E-state index contributed by atoms with van der Waals surface area (Å²) in [6.07, 6.45) is 2.91. The van der Waals surface area contributed by atoms with Gasteiger partial charge in [0.25, 0.3) is 0 Å². The number of hydrogen-bond donors (Lipinski definition) is 2. The van der Waals surface area contributed by atoms with Gasteiger partial charge in [-0.1, -0.05) is 12.1 Å². The van der Waals surface area contributed by atoms with Crippen molar-refractivity contribution in [3.8, 4) is 0 Å². The molecule has 2 N–H and O–H groups in total. The minimum atomic E-state index is -3.64. The van der Waals surface area contributed by atoms with Gasteiger partial charge in [-0.15, -0.1) is 0 Å². The van der Waals surface area contributed by atoms with Crippen LogP contribution in [0, 0.1) is 6.92 Å². The van der Waals surface area contributed by atoms with Crippen molar-refractivity contribution in [1.29, 1.82) is 0 Å². The van der Waals surface area contributed by atoms with Gasteiger partial charge in [-0.05, 0) is 30.2 Å². The number of rotatable bonds is 5. The number of sulfonamides is 1. The summed E-state index contributed by atoms with van der Waals surface area (Å²) in [4.78, 5) is 7.89. The predicted octanol–water partition coefficient (Wildman–Crippen LogP) is 0.756. The fourth-order valence-corrected chi connectivity index (χ4v) is 3.08. The van der Waals surface area contributed by atoms with Crippen LogP contribution in [0.25, 0.3) is 0 Å². The molecule has 0 amide bonds. The molecule has 0 unspecified atom stereocenters. The highest BCUT2D eigenvalue weighted by molar-refractivity contribution is 7.89. The lowest BCUT2D eigenvalue weighted by Crippen LogP contribution is -2.24. The molecule has 0 aliphatic heterocycles. The average Bonchev–Trinajstić information content (AvgIpc) is 2.46. The normalized spacial score (nSPS) is 11.5. The highest BCUT2D eigenvalue weighted by Crippen LogP contribution is 2.19. The van der Waals surface area contributed by atoms with Crippen molar-refractivity contribution in [3.05, 3.63) is 53.6 Å². The van der Waals surface area contributed by atoms with Crippen LogP contribution in [0.15, 0.2) is 41.7 Å². The number of nitrogens with one attached hydrogen (secondary N) is 1. The SMILES string of the molecule is Cc1c(CO)cccc1S(=O)(=O)NCc1ccncn1. The zero-order valence-electron chi connectivity index (χ0n) is 10.9. The summed E-state index contributed by atoms with van der Waals surface area (Å²) in [6.45, 7) is 1.57. The summed E-state index contributed by atoms with van der Waals surface area (Å²) in [5.74, 6) is 0. The number of aliphatic hydroxyl groups is 1. The van der Waals surface area contributed by atoms with Crippen LogP contribution >= 0.6 is 0 Å². The summed E-state index contributed by atoms with van der Waals surface area (Å²) in [7, 11) is -3.64. The Morgan fingerprint density at radius 2 is 2.10 bits per heavy atom. The van der Waals surface area contributed by atoms with Crippen molar-refractivity contribution in [1.82, 2.24) is 14.7 Å². The number of aromatic nitrogens is 2. The van der Waals surface area contributed by atoms with E-state index in [-0.39, 0.29) is 18.0 Å². The van der Waals surface area contributed by atoms with Crippen LogP contribution in [-0.2, 0) is 23.2 Å². The van der Waals surface area contributed by atoms with Crippen molar-refractivity contribution in [3.63, 3.8) is 0 Å². The molecule has 20 heavy (non-hydrogen) atoms. The van der Waals surface area contributed by atoms with Gasteiger partial charge in [0.05, 0.1) is 23.7 Å². The predicted molar refractivity (Wildman–Crippen MR) is 73.2 cm³/mol. The molecule has 1 aromatic carbocycles. The number of aliphatic hydroxyl groups excluding tert-OH is 1. The van der Waals surface area contributed by atoms with Gasteiger partial charge < -0.3 is 5.11 Å². The van der Waals surface area contributed by atoms with Crippen molar-refractivity contribution in [2.75, 3.05) is 0 Å². The van der Waals surface area contributed by atoms with Crippen LogP contribution in [0.3, 0.4) is 0 Å². The first-order valence-corrected chi connectivity index (χ1v) is 7.47. The second kappa shape index (κ2) is 6.08. The number of nitrogens with zero attached hydrogens (tertiary/aromatic N) is 2. The average molecular weight is 293 g/mol. The van der Waals surface area contributed by atoms with E-state index in [0.29, 0.717) is 16.8 Å². The zero-order chi connectivity index (χ0) is 14.6. The highest BCUT2D eigenvalue weighted by atomic mass is 32.2. The van der Waals surface area contributed by atoms with Crippen LogP contribution < -0.4 is 4.72 Å². The quantitative estimate of drug-likeness (QED) is 0.849. The van der Waals surface area contributed by atoms with Gasteiger partial charge >= 0.3 is 0 Å². The van der Waals surface area contributed by atoms with Gasteiger partial charge in [-0.2, -0.15) is 0 Å². The maximum atomic E-state index is 12.3. The molecule has 0 bridgehead atoms. The largest absolute Gasteiger partial charge is 0.392 e. The first-order chi connectivity index (χ1) is 9.54. The highest BCUT2D eigenvalue weighted by Gasteiger charge is 2.18. The lowest BCUT2D eigenvalue weighted by Gasteiger charge is -2.11. The third kappa shape index (κ3) is 3.19. The maximum absolute atomic E-state index is 12.3. The number of hydrogen-bond acceptors (Lipinski definition) is 5. The van der Waals surface area contributed by atoms with E-state index in [0.717, 1.165) is 0 Å². The van der Waals surface area contributed by atoms with E-state index in [9.17, 15) is 13.5 Å². The van der Waals surface area contributed by atoms with Crippen LogP contribution in [0.5, 0.6) is 0 Å². The van der Waals surface area contributed by atoms with E-state index in [1.165, 1.54) is 12.4 Å². The van der Waals surface area contributed by atoms with Gasteiger partial charge in [0.2, 0.25) is 10.0 Å². The molecule has 2 rings (SSSR count). The molecule has 0 atom stereocenters. The molecule has 0 spiro atoms. The van der Waals surface area contributed by atoms with E-state index < -0.39 is 10.0 Å². The number of benzene rings is 1. The Kier molecular flexibility index (Phi) is 4.43. The summed E-state index contributed by atoms with van der Waals surface area (Å²) in [5, 5.41) is 9.18. The Hall–Kier alpha value is -1.83. The Labute approximate surface area is 117 Å². The fourth-order valence-electron chi connectivity index (χ4n) is 1.79. The summed E-state index contributed by atoms with van der Waals surface area (Å²) >= 11 is 0. The second-order valence-electron chi connectivity index (χ2n) is 4.22. The van der Waals surface area contributed by atoms with Crippen LogP contribution in [0.2, 0.25) is 0 Å². The molecule has 0 radical (unpaired) electrons. The molecule has 0 saturated heterocycles. The van der Waals surface area contributed by atoms with Crippen LogP contribution in [-0.4, -0.2) is 23.5 Å². The van der Waals surface area contributed by atoms with E-state index >= 15 is 0 Å². The second-order valence-corrected chi connectivity index (χ2v) is 5.96. The Morgan fingerprint density at radius 3 is 2.75 bits per heavy atom. The van der Waals surface area contributed by atoms with Crippen LogP contribution in [0.1, 0.15) is 16.8 Å². The van der Waals surface area contributed by atoms with Gasteiger partial charge in [-0.25, -0.2) is 23.1 Å². The van der Waals surface area contributed by atoms with E-state index in [2.05, 4.69) is 14.7 Å². The van der Waals surface area contributed by atoms with Gasteiger partial charge in [0.1, 0.15) is 6.33 Å². The fraction of sp³-hybridized carbons (Fsp3) is 0.231. The van der Waals surface area contributed by atoms with E-state index in [1.54, 1.807) is 31.3 Å². The first-order valence-electron chi connectivity index (χ1n) is 5.98. The van der Waals surface area contributed by atoms with Crippen molar-refractivity contribution >= 4 is 10.0 Å².